The zero-order valence-corrected chi connectivity index (χ0v) is 22.4. The van der Waals surface area contributed by atoms with Gasteiger partial charge in [0, 0.05) is 30.6 Å². The van der Waals surface area contributed by atoms with Crippen LogP contribution < -0.4 is 14.2 Å². The molecule has 0 radical (unpaired) electrons. The van der Waals surface area contributed by atoms with Crippen molar-refractivity contribution in [3.63, 3.8) is 0 Å². The van der Waals surface area contributed by atoms with E-state index in [4.69, 9.17) is 14.2 Å². The second-order valence-corrected chi connectivity index (χ2v) is 9.74. The summed E-state index contributed by atoms with van der Waals surface area (Å²) in [5.41, 5.74) is 3.53. The molecule has 2 heterocycles. The van der Waals surface area contributed by atoms with Crippen LogP contribution in [0.3, 0.4) is 0 Å². The normalized spacial score (nSPS) is 11.1. The van der Waals surface area contributed by atoms with Crippen LogP contribution in [0.15, 0.2) is 97.3 Å². The Labute approximate surface area is 228 Å². The molecule has 0 amide bonds. The topological polar surface area (TPSA) is 78.6 Å². The molecule has 0 aliphatic heterocycles. The molecule has 7 heteroatoms. The van der Waals surface area contributed by atoms with Gasteiger partial charge in [0.2, 0.25) is 11.8 Å². The van der Waals surface area contributed by atoms with E-state index in [-0.39, 0.29) is 5.75 Å². The molecule has 0 saturated carbocycles. The Hall–Kier alpha value is -4.78. The van der Waals surface area contributed by atoms with Crippen LogP contribution in [0, 0.1) is 0 Å². The number of hydrogen-bond acceptors (Lipinski definition) is 6. The molecule has 1 N–H and O–H groups in total. The molecule has 0 spiro atoms. The first kappa shape index (κ1) is 25.9. The van der Waals surface area contributed by atoms with Gasteiger partial charge in [-0.1, -0.05) is 70.2 Å². The highest BCUT2D eigenvalue weighted by Gasteiger charge is 2.19. The number of para-hydroxylation sites is 3. The van der Waals surface area contributed by atoms with Crippen LogP contribution in [-0.2, 0) is 0 Å². The molecule has 0 bridgehead atoms. The average Bonchev–Trinajstić information content (AvgIpc) is 3.37. The van der Waals surface area contributed by atoms with Crippen molar-refractivity contribution in [2.45, 2.75) is 39.5 Å². The molecule has 5 aromatic rings. The molecule has 0 aliphatic carbocycles. The van der Waals surface area contributed by atoms with Crippen molar-refractivity contribution in [2.24, 2.45) is 0 Å². The molecule has 198 valence electrons. The molecule has 0 saturated heterocycles. The van der Waals surface area contributed by atoms with E-state index < -0.39 is 0 Å². The first-order valence-electron chi connectivity index (χ1n) is 12.9. The number of phenols is 1. The van der Waals surface area contributed by atoms with Crippen LogP contribution in [0.5, 0.6) is 40.8 Å². The number of aromatic nitrogens is 3. The fourth-order valence-corrected chi connectivity index (χ4v) is 4.32. The highest BCUT2D eigenvalue weighted by Crippen LogP contribution is 2.35. The van der Waals surface area contributed by atoms with Gasteiger partial charge in [0.1, 0.15) is 11.5 Å². The van der Waals surface area contributed by atoms with E-state index in [2.05, 4.69) is 55.9 Å². The summed E-state index contributed by atoms with van der Waals surface area (Å²) in [5, 5.41) is 10.0. The monoisotopic (exact) mass is 521 g/mol. The first-order valence-corrected chi connectivity index (χ1v) is 12.9. The van der Waals surface area contributed by atoms with E-state index in [1.807, 2.05) is 16.8 Å². The lowest BCUT2D eigenvalue weighted by atomic mass is 9.92. The minimum atomic E-state index is 0.0604. The highest BCUT2D eigenvalue weighted by molar-refractivity contribution is 5.53. The Morgan fingerprint density at radius 1 is 0.692 bits per heavy atom. The van der Waals surface area contributed by atoms with Crippen molar-refractivity contribution in [3.05, 3.63) is 108 Å². The number of pyridine rings is 1. The van der Waals surface area contributed by atoms with Gasteiger partial charge in [0.15, 0.2) is 11.5 Å². The van der Waals surface area contributed by atoms with Gasteiger partial charge in [-0.25, -0.2) is 4.98 Å². The summed E-state index contributed by atoms with van der Waals surface area (Å²) in [6.45, 7) is 8.74. The smallest absolute Gasteiger partial charge is 0.307 e. The number of aromatic hydroxyl groups is 1. The van der Waals surface area contributed by atoms with Gasteiger partial charge in [-0.05, 0) is 47.2 Å². The van der Waals surface area contributed by atoms with Gasteiger partial charge in [-0.15, -0.1) is 0 Å². The summed E-state index contributed by atoms with van der Waals surface area (Å²) >= 11 is 0. The Bertz CT molecular complexity index is 1550. The highest BCUT2D eigenvalue weighted by atomic mass is 16.5. The number of ether oxygens (including phenoxy) is 3. The molecule has 0 atom stereocenters. The standard InChI is InChI=1S/C32H31N3O4/c1-21(2)25-12-8-13-26(22(3)4)31(25)35-19-18-33-32(35)39-30-17-9-16-29(34-30)38-24-11-7-10-23(20-24)37-28-15-6-5-14-27(28)36/h5-22,36H,1-4H3. The maximum absolute atomic E-state index is 10.0. The zero-order valence-electron chi connectivity index (χ0n) is 22.4. The largest absolute Gasteiger partial charge is 0.504 e. The van der Waals surface area contributed by atoms with Crippen LogP contribution in [-0.4, -0.2) is 19.6 Å². The predicted octanol–water partition coefficient (Wildman–Crippen LogP) is 8.60. The van der Waals surface area contributed by atoms with Crippen LogP contribution in [0.1, 0.15) is 50.7 Å². The Balaban J connectivity index is 1.38. The number of nitrogens with zero attached hydrogens (tertiary/aromatic N) is 3. The second-order valence-electron chi connectivity index (χ2n) is 9.74. The number of rotatable bonds is 9. The first-order chi connectivity index (χ1) is 18.9. The Kier molecular flexibility index (Phi) is 7.50. The minimum absolute atomic E-state index is 0.0604. The summed E-state index contributed by atoms with van der Waals surface area (Å²) in [7, 11) is 0. The van der Waals surface area contributed by atoms with E-state index in [0.29, 0.717) is 46.9 Å². The number of phenolic OH excluding ortho intramolecular Hbond substituents is 1. The van der Waals surface area contributed by atoms with Gasteiger partial charge in [-0.3, -0.25) is 4.57 Å². The van der Waals surface area contributed by atoms with E-state index >= 15 is 0 Å². The van der Waals surface area contributed by atoms with Crippen molar-refractivity contribution in [1.29, 1.82) is 0 Å². The lowest BCUT2D eigenvalue weighted by molar-refractivity contribution is 0.396. The lowest BCUT2D eigenvalue weighted by Gasteiger charge is -2.21. The molecule has 5 rings (SSSR count). The number of hydrogen-bond donors (Lipinski definition) is 1. The summed E-state index contributed by atoms with van der Waals surface area (Å²) in [5.74, 6) is 2.84. The van der Waals surface area contributed by atoms with Crippen LogP contribution >= 0.6 is 0 Å². The summed E-state index contributed by atoms with van der Waals surface area (Å²) in [6, 6.07) is 26.1. The van der Waals surface area contributed by atoms with Crippen molar-refractivity contribution < 1.29 is 19.3 Å². The summed E-state index contributed by atoms with van der Waals surface area (Å²) in [6.07, 6.45) is 3.64. The van der Waals surface area contributed by atoms with E-state index in [1.54, 1.807) is 66.9 Å². The Morgan fingerprint density at radius 2 is 1.31 bits per heavy atom. The third kappa shape index (κ3) is 5.88. The maximum atomic E-state index is 10.0. The average molecular weight is 522 g/mol. The van der Waals surface area contributed by atoms with Gasteiger partial charge < -0.3 is 19.3 Å². The van der Waals surface area contributed by atoms with Gasteiger partial charge in [0.25, 0.3) is 0 Å². The second kappa shape index (κ2) is 11.3. The molecule has 39 heavy (non-hydrogen) atoms. The van der Waals surface area contributed by atoms with Crippen molar-refractivity contribution in [2.75, 3.05) is 0 Å². The molecule has 0 unspecified atom stereocenters. The summed E-state index contributed by atoms with van der Waals surface area (Å²) in [4.78, 5) is 9.03. The molecule has 0 fully saturated rings. The van der Waals surface area contributed by atoms with E-state index in [0.717, 1.165) is 5.69 Å². The van der Waals surface area contributed by atoms with Crippen LogP contribution in [0.4, 0.5) is 0 Å². The third-order valence-corrected chi connectivity index (χ3v) is 6.20. The van der Waals surface area contributed by atoms with Gasteiger partial charge in [-0.2, -0.15) is 4.98 Å². The fourth-order valence-electron chi connectivity index (χ4n) is 4.32. The third-order valence-electron chi connectivity index (χ3n) is 6.20. The summed E-state index contributed by atoms with van der Waals surface area (Å²) < 4.78 is 20.0. The number of benzene rings is 3. The zero-order chi connectivity index (χ0) is 27.4. The minimum Gasteiger partial charge on any atom is -0.504 e. The van der Waals surface area contributed by atoms with Crippen LogP contribution in [0.25, 0.3) is 5.69 Å². The molecule has 2 aromatic heterocycles. The predicted molar refractivity (Wildman–Crippen MR) is 151 cm³/mol. The lowest BCUT2D eigenvalue weighted by Crippen LogP contribution is -2.08. The van der Waals surface area contributed by atoms with Crippen molar-refractivity contribution >= 4 is 0 Å². The Morgan fingerprint density at radius 3 is 2.00 bits per heavy atom. The maximum Gasteiger partial charge on any atom is 0.307 e. The van der Waals surface area contributed by atoms with Gasteiger partial charge >= 0.3 is 6.01 Å². The van der Waals surface area contributed by atoms with E-state index in [1.165, 1.54) is 11.1 Å². The molecular weight excluding hydrogens is 490 g/mol. The fraction of sp³-hybridized carbons (Fsp3) is 0.188. The quantitative estimate of drug-likeness (QED) is 0.209. The molecular formula is C32H31N3O4. The molecule has 0 aliphatic rings. The number of imidazole rings is 1. The van der Waals surface area contributed by atoms with Crippen molar-refractivity contribution in [3.8, 4) is 46.5 Å². The van der Waals surface area contributed by atoms with E-state index in [9.17, 15) is 5.11 Å². The SMILES string of the molecule is CC(C)c1cccc(C(C)C)c1-n1ccnc1Oc1cccc(Oc2cccc(Oc3ccccc3O)c2)n1. The van der Waals surface area contributed by atoms with Crippen LogP contribution in [0.2, 0.25) is 0 Å². The van der Waals surface area contributed by atoms with Gasteiger partial charge in [0.05, 0.1) is 5.69 Å². The van der Waals surface area contributed by atoms with Crippen molar-refractivity contribution in [1.82, 2.24) is 14.5 Å². The molecule has 3 aromatic carbocycles. The molecule has 7 nitrogen and oxygen atoms in total.